The number of carbonyl (C=O) groups is 1. The summed E-state index contributed by atoms with van der Waals surface area (Å²) in [6.07, 6.45) is 2.66. The molecule has 0 radical (unpaired) electrons. The number of aliphatic carboxylic acids is 1. The third kappa shape index (κ3) is 5.50. The Hall–Kier alpha value is -1.81. The summed E-state index contributed by atoms with van der Waals surface area (Å²) >= 11 is 0. The number of carboxylic acids is 1. The Morgan fingerprint density at radius 3 is 2.94 bits per heavy atom. The molecule has 0 aliphatic rings. The van der Waals surface area contributed by atoms with E-state index < -0.39 is 5.97 Å². The molecule has 98 valence electrons. The zero-order valence-electron chi connectivity index (χ0n) is 10.8. The molecule has 1 aromatic carbocycles. The molecule has 0 amide bonds. The van der Waals surface area contributed by atoms with E-state index in [1.54, 1.807) is 6.08 Å². The molecule has 0 fully saturated rings. The molecule has 0 unspecified atom stereocenters. The number of hydrogen-bond acceptors (Lipinski definition) is 3. The second kappa shape index (κ2) is 7.50. The minimum Gasteiger partial charge on any atom is -0.492 e. The highest BCUT2D eigenvalue weighted by Crippen LogP contribution is 2.14. The van der Waals surface area contributed by atoms with Gasteiger partial charge in [0.25, 0.3) is 0 Å². The van der Waals surface area contributed by atoms with E-state index in [0.29, 0.717) is 6.61 Å². The van der Waals surface area contributed by atoms with Crippen LogP contribution in [0, 0.1) is 0 Å². The minimum absolute atomic E-state index is 0.621. The third-order valence-corrected chi connectivity index (χ3v) is 2.56. The van der Waals surface area contributed by atoms with Crippen molar-refractivity contribution in [3.05, 3.63) is 35.9 Å². The van der Waals surface area contributed by atoms with Gasteiger partial charge in [-0.05, 0) is 37.4 Å². The van der Waals surface area contributed by atoms with Crippen molar-refractivity contribution >= 4 is 12.0 Å². The van der Waals surface area contributed by atoms with Gasteiger partial charge >= 0.3 is 5.97 Å². The topological polar surface area (TPSA) is 49.8 Å². The first-order chi connectivity index (χ1) is 8.61. The van der Waals surface area contributed by atoms with E-state index in [-0.39, 0.29) is 0 Å². The Kier molecular flexibility index (Phi) is 5.94. The molecule has 1 N–H and O–H groups in total. The van der Waals surface area contributed by atoms with Crippen LogP contribution in [0.15, 0.2) is 30.3 Å². The van der Waals surface area contributed by atoms with Crippen LogP contribution in [-0.4, -0.2) is 42.7 Å². The van der Waals surface area contributed by atoms with Gasteiger partial charge in [0.1, 0.15) is 12.4 Å². The van der Waals surface area contributed by atoms with E-state index in [9.17, 15) is 4.79 Å². The van der Waals surface area contributed by atoms with Crippen LogP contribution in [0.25, 0.3) is 6.08 Å². The molecule has 0 aliphatic carbocycles. The maximum atomic E-state index is 10.4. The molecule has 0 heterocycles. The fourth-order valence-electron chi connectivity index (χ4n) is 1.35. The van der Waals surface area contributed by atoms with Crippen molar-refractivity contribution in [1.82, 2.24) is 4.90 Å². The van der Waals surface area contributed by atoms with Crippen LogP contribution in [0.1, 0.15) is 12.5 Å². The van der Waals surface area contributed by atoms with Gasteiger partial charge in [-0.1, -0.05) is 19.1 Å². The number of benzene rings is 1. The van der Waals surface area contributed by atoms with Gasteiger partial charge in [-0.3, -0.25) is 0 Å². The van der Waals surface area contributed by atoms with Crippen molar-refractivity contribution < 1.29 is 14.6 Å². The first-order valence-electron chi connectivity index (χ1n) is 5.94. The summed E-state index contributed by atoms with van der Waals surface area (Å²) in [6, 6.07) is 7.38. The Balaban J connectivity index is 2.51. The van der Waals surface area contributed by atoms with Crippen molar-refractivity contribution in [1.29, 1.82) is 0 Å². The molecular formula is C14H19NO3. The molecule has 18 heavy (non-hydrogen) atoms. The summed E-state index contributed by atoms with van der Waals surface area (Å²) in [7, 11) is 2.04. The van der Waals surface area contributed by atoms with Crippen molar-refractivity contribution in [3.63, 3.8) is 0 Å². The molecule has 0 aliphatic heterocycles. The summed E-state index contributed by atoms with van der Waals surface area (Å²) < 4.78 is 5.60. The predicted molar refractivity (Wildman–Crippen MR) is 71.8 cm³/mol. The maximum Gasteiger partial charge on any atom is 0.328 e. The summed E-state index contributed by atoms with van der Waals surface area (Å²) in [6.45, 7) is 4.57. The summed E-state index contributed by atoms with van der Waals surface area (Å²) in [5.74, 6) is -0.196. The van der Waals surface area contributed by atoms with E-state index in [1.165, 1.54) is 0 Å². The largest absolute Gasteiger partial charge is 0.492 e. The SMILES string of the molecule is CCN(C)CCOc1cccc(C=CC(=O)O)c1. The third-order valence-electron chi connectivity index (χ3n) is 2.56. The van der Waals surface area contributed by atoms with E-state index in [0.717, 1.165) is 30.5 Å². The number of nitrogens with zero attached hydrogens (tertiary/aromatic N) is 1. The number of likely N-dealkylation sites (N-methyl/N-ethyl adjacent to an activating group) is 1. The van der Waals surface area contributed by atoms with Gasteiger partial charge < -0.3 is 14.7 Å². The van der Waals surface area contributed by atoms with Crippen LogP contribution in [0.2, 0.25) is 0 Å². The van der Waals surface area contributed by atoms with Crippen molar-refractivity contribution in [2.45, 2.75) is 6.92 Å². The van der Waals surface area contributed by atoms with Gasteiger partial charge in [0.15, 0.2) is 0 Å². The standard InChI is InChI=1S/C14H19NO3/c1-3-15(2)9-10-18-13-6-4-5-12(11-13)7-8-14(16)17/h4-8,11H,3,9-10H2,1-2H3,(H,16,17). The van der Waals surface area contributed by atoms with Gasteiger partial charge in [-0.25, -0.2) is 4.79 Å². The molecular weight excluding hydrogens is 230 g/mol. The van der Waals surface area contributed by atoms with Crippen LogP contribution in [-0.2, 0) is 4.79 Å². The van der Waals surface area contributed by atoms with Crippen molar-refractivity contribution in [3.8, 4) is 5.75 Å². The lowest BCUT2D eigenvalue weighted by Crippen LogP contribution is -2.23. The summed E-state index contributed by atoms with van der Waals surface area (Å²) in [5, 5.41) is 8.55. The minimum atomic E-state index is -0.953. The van der Waals surface area contributed by atoms with E-state index in [2.05, 4.69) is 11.8 Å². The van der Waals surface area contributed by atoms with Crippen LogP contribution < -0.4 is 4.74 Å². The second-order valence-electron chi connectivity index (χ2n) is 3.99. The van der Waals surface area contributed by atoms with E-state index in [4.69, 9.17) is 9.84 Å². The second-order valence-corrected chi connectivity index (χ2v) is 3.99. The molecule has 1 aromatic rings. The van der Waals surface area contributed by atoms with Crippen LogP contribution in [0.3, 0.4) is 0 Å². The lowest BCUT2D eigenvalue weighted by Gasteiger charge is -2.14. The molecule has 1 rings (SSSR count). The fourth-order valence-corrected chi connectivity index (χ4v) is 1.35. The highest BCUT2D eigenvalue weighted by Gasteiger charge is 1.97. The fraction of sp³-hybridized carbons (Fsp3) is 0.357. The van der Waals surface area contributed by atoms with Crippen LogP contribution in [0.4, 0.5) is 0 Å². The molecule has 0 atom stereocenters. The summed E-state index contributed by atoms with van der Waals surface area (Å²) in [4.78, 5) is 12.6. The van der Waals surface area contributed by atoms with Gasteiger partial charge in [0.2, 0.25) is 0 Å². The van der Waals surface area contributed by atoms with Crippen LogP contribution >= 0.6 is 0 Å². The van der Waals surface area contributed by atoms with E-state index >= 15 is 0 Å². The van der Waals surface area contributed by atoms with Crippen molar-refractivity contribution in [2.24, 2.45) is 0 Å². The predicted octanol–water partition coefficient (Wildman–Crippen LogP) is 2.11. The Morgan fingerprint density at radius 2 is 2.28 bits per heavy atom. The van der Waals surface area contributed by atoms with Gasteiger partial charge in [-0.2, -0.15) is 0 Å². The molecule has 4 nitrogen and oxygen atoms in total. The lowest BCUT2D eigenvalue weighted by molar-refractivity contribution is -0.131. The van der Waals surface area contributed by atoms with Crippen LogP contribution in [0.5, 0.6) is 5.75 Å². The molecule has 0 spiro atoms. The summed E-state index contributed by atoms with van der Waals surface area (Å²) in [5.41, 5.74) is 0.818. The maximum absolute atomic E-state index is 10.4. The van der Waals surface area contributed by atoms with Gasteiger partial charge in [0, 0.05) is 12.6 Å². The number of carboxylic acid groups (broad SMARTS) is 1. The average molecular weight is 249 g/mol. The smallest absolute Gasteiger partial charge is 0.328 e. The van der Waals surface area contributed by atoms with Gasteiger partial charge in [0.05, 0.1) is 0 Å². The average Bonchev–Trinajstić information content (AvgIpc) is 2.36. The first kappa shape index (κ1) is 14.3. The zero-order valence-corrected chi connectivity index (χ0v) is 10.8. The lowest BCUT2D eigenvalue weighted by atomic mass is 10.2. The molecule has 0 saturated heterocycles. The number of ether oxygens (including phenoxy) is 1. The molecule has 0 aromatic heterocycles. The number of hydrogen-bond donors (Lipinski definition) is 1. The van der Waals surface area contributed by atoms with E-state index in [1.807, 2.05) is 31.3 Å². The monoisotopic (exact) mass is 249 g/mol. The Morgan fingerprint density at radius 1 is 1.50 bits per heavy atom. The number of rotatable bonds is 7. The van der Waals surface area contributed by atoms with Gasteiger partial charge in [-0.15, -0.1) is 0 Å². The Bertz CT molecular complexity index is 415. The normalized spacial score (nSPS) is 11.1. The van der Waals surface area contributed by atoms with Crippen molar-refractivity contribution in [2.75, 3.05) is 26.7 Å². The molecule has 0 bridgehead atoms. The highest BCUT2D eigenvalue weighted by atomic mass is 16.5. The molecule has 0 saturated carbocycles. The molecule has 4 heteroatoms. The zero-order chi connectivity index (χ0) is 13.4. The quantitative estimate of drug-likeness (QED) is 0.752. The highest BCUT2D eigenvalue weighted by molar-refractivity contribution is 5.85. The first-order valence-corrected chi connectivity index (χ1v) is 5.94. The Labute approximate surface area is 107 Å².